The molecule has 0 unspecified atom stereocenters. The van der Waals surface area contributed by atoms with Crippen molar-refractivity contribution >= 4 is 39.1 Å². The predicted molar refractivity (Wildman–Crippen MR) is 106 cm³/mol. The van der Waals surface area contributed by atoms with E-state index in [1.807, 2.05) is 48.5 Å². The van der Waals surface area contributed by atoms with E-state index in [0.29, 0.717) is 11.6 Å². The van der Waals surface area contributed by atoms with Crippen LogP contribution in [0.2, 0.25) is 5.02 Å². The molecule has 136 valence electrons. The second-order valence-electron chi connectivity index (χ2n) is 5.95. The highest BCUT2D eigenvalue weighted by molar-refractivity contribution is 8.00. The maximum atomic E-state index is 12.9. The molecule has 7 heteroatoms. The summed E-state index contributed by atoms with van der Waals surface area (Å²) in [7, 11) is -3.24. The van der Waals surface area contributed by atoms with E-state index in [1.54, 1.807) is 17.0 Å². The van der Waals surface area contributed by atoms with E-state index >= 15 is 0 Å². The van der Waals surface area contributed by atoms with E-state index in [4.69, 9.17) is 11.6 Å². The molecule has 0 saturated carbocycles. The van der Waals surface area contributed by atoms with Gasteiger partial charge in [-0.2, -0.15) is 0 Å². The van der Waals surface area contributed by atoms with Gasteiger partial charge in [0.2, 0.25) is 5.91 Å². The number of hydrogen-bond acceptors (Lipinski definition) is 4. The van der Waals surface area contributed by atoms with Crippen molar-refractivity contribution in [1.29, 1.82) is 0 Å². The van der Waals surface area contributed by atoms with Crippen LogP contribution in [0.25, 0.3) is 0 Å². The second kappa shape index (κ2) is 8.29. The van der Waals surface area contributed by atoms with Gasteiger partial charge in [0, 0.05) is 16.8 Å². The van der Waals surface area contributed by atoms with Crippen molar-refractivity contribution in [2.45, 2.75) is 17.5 Å². The third-order valence-electron chi connectivity index (χ3n) is 4.02. The van der Waals surface area contributed by atoms with E-state index in [9.17, 15) is 13.2 Å². The molecule has 1 atom stereocenters. The predicted octanol–water partition coefficient (Wildman–Crippen LogP) is 3.77. The van der Waals surface area contributed by atoms with Crippen LogP contribution in [0.4, 0.5) is 0 Å². The van der Waals surface area contributed by atoms with Crippen LogP contribution < -0.4 is 0 Å². The van der Waals surface area contributed by atoms with Crippen LogP contribution in [-0.2, 0) is 21.2 Å². The Balaban J connectivity index is 1.75. The summed E-state index contributed by atoms with van der Waals surface area (Å²) in [6.07, 6.45) is 1.59. The summed E-state index contributed by atoms with van der Waals surface area (Å²) in [5.41, 5.74) is 0.960. The summed E-state index contributed by atoms with van der Waals surface area (Å²) in [5, 5.41) is 1.80. The lowest BCUT2D eigenvalue weighted by atomic mass is 10.2. The fourth-order valence-corrected chi connectivity index (χ4v) is 5.13. The molecule has 0 saturated heterocycles. The molecule has 0 aromatic heterocycles. The third kappa shape index (κ3) is 4.90. The topological polar surface area (TPSA) is 54.5 Å². The minimum atomic E-state index is -3.24. The fraction of sp³-hybridized carbons (Fsp3) is 0.211. The second-order valence-corrected chi connectivity index (χ2v) is 9.31. The van der Waals surface area contributed by atoms with Gasteiger partial charge in [0.15, 0.2) is 9.84 Å². The highest BCUT2D eigenvalue weighted by Gasteiger charge is 2.30. The van der Waals surface area contributed by atoms with E-state index in [1.165, 1.54) is 17.2 Å². The average molecular weight is 408 g/mol. The van der Waals surface area contributed by atoms with Gasteiger partial charge in [0.1, 0.15) is 0 Å². The van der Waals surface area contributed by atoms with Crippen LogP contribution in [0.3, 0.4) is 0 Å². The van der Waals surface area contributed by atoms with Crippen molar-refractivity contribution in [2.75, 3.05) is 11.5 Å². The van der Waals surface area contributed by atoms with Crippen molar-refractivity contribution in [3.63, 3.8) is 0 Å². The van der Waals surface area contributed by atoms with Crippen molar-refractivity contribution in [3.05, 3.63) is 76.7 Å². The Morgan fingerprint density at radius 3 is 2.46 bits per heavy atom. The van der Waals surface area contributed by atoms with Gasteiger partial charge in [0.25, 0.3) is 0 Å². The molecule has 1 amide bonds. The normalized spacial score (nSPS) is 18.0. The van der Waals surface area contributed by atoms with Crippen LogP contribution in [0, 0.1) is 0 Å². The number of halogens is 1. The van der Waals surface area contributed by atoms with Gasteiger partial charge in [-0.15, -0.1) is 11.8 Å². The van der Waals surface area contributed by atoms with Crippen LogP contribution in [-0.4, -0.2) is 36.8 Å². The van der Waals surface area contributed by atoms with Gasteiger partial charge >= 0.3 is 0 Å². The Bertz CT molecular complexity index is 913. The van der Waals surface area contributed by atoms with E-state index in [2.05, 4.69) is 0 Å². The molecule has 2 aromatic carbocycles. The number of sulfone groups is 1. The molecule has 0 fully saturated rings. The lowest BCUT2D eigenvalue weighted by molar-refractivity contribution is -0.130. The third-order valence-corrected chi connectivity index (χ3v) is 6.89. The van der Waals surface area contributed by atoms with Gasteiger partial charge in [-0.3, -0.25) is 4.79 Å². The minimum Gasteiger partial charge on any atom is -0.330 e. The first-order valence-corrected chi connectivity index (χ1v) is 11.1. The lowest BCUT2D eigenvalue weighted by Gasteiger charge is -2.27. The standard InChI is InChI=1S/C19H18ClNO3S2/c20-17-8-4-5-9-18(17)25-13-19(22)21(12-15-6-2-1-3-7-15)16-10-11-26(23,24)14-16/h1-11,16H,12-14H2/t16-/m1/s1. The summed E-state index contributed by atoms with van der Waals surface area (Å²) >= 11 is 7.50. The minimum absolute atomic E-state index is 0.0671. The molecule has 1 aliphatic rings. The van der Waals surface area contributed by atoms with Crippen molar-refractivity contribution in [3.8, 4) is 0 Å². The zero-order chi connectivity index (χ0) is 18.6. The van der Waals surface area contributed by atoms with Gasteiger partial charge < -0.3 is 4.90 Å². The molecule has 0 spiro atoms. The quantitative estimate of drug-likeness (QED) is 0.684. The molecule has 0 bridgehead atoms. The molecule has 0 N–H and O–H groups in total. The number of benzene rings is 2. The van der Waals surface area contributed by atoms with Crippen LogP contribution in [0.1, 0.15) is 5.56 Å². The highest BCUT2D eigenvalue weighted by atomic mass is 35.5. The van der Waals surface area contributed by atoms with Crippen LogP contribution in [0.5, 0.6) is 0 Å². The first-order valence-electron chi connectivity index (χ1n) is 8.06. The van der Waals surface area contributed by atoms with Gasteiger partial charge in [0.05, 0.1) is 22.6 Å². The van der Waals surface area contributed by atoms with Gasteiger partial charge in [-0.05, 0) is 23.8 Å². The highest BCUT2D eigenvalue weighted by Crippen LogP contribution is 2.27. The first kappa shape index (κ1) is 19.0. The summed E-state index contributed by atoms with van der Waals surface area (Å²) in [6, 6.07) is 16.5. The molecule has 1 aliphatic heterocycles. The number of thioether (sulfide) groups is 1. The molecular formula is C19H18ClNO3S2. The maximum Gasteiger partial charge on any atom is 0.233 e. The Morgan fingerprint density at radius 2 is 1.81 bits per heavy atom. The van der Waals surface area contributed by atoms with E-state index in [-0.39, 0.29) is 17.4 Å². The maximum absolute atomic E-state index is 12.9. The molecule has 26 heavy (non-hydrogen) atoms. The zero-order valence-electron chi connectivity index (χ0n) is 13.9. The summed E-state index contributed by atoms with van der Waals surface area (Å²) in [6.45, 7) is 0.368. The van der Waals surface area contributed by atoms with Crippen molar-refractivity contribution in [1.82, 2.24) is 4.90 Å². The molecule has 2 aromatic rings. The Labute approximate surface area is 162 Å². The monoisotopic (exact) mass is 407 g/mol. The zero-order valence-corrected chi connectivity index (χ0v) is 16.3. The fourth-order valence-electron chi connectivity index (χ4n) is 2.71. The average Bonchev–Trinajstić information content (AvgIpc) is 2.99. The Morgan fingerprint density at radius 1 is 1.12 bits per heavy atom. The summed E-state index contributed by atoms with van der Waals surface area (Å²) in [4.78, 5) is 15.3. The van der Waals surface area contributed by atoms with Gasteiger partial charge in [-0.25, -0.2) is 8.42 Å². The summed E-state index contributed by atoms with van der Waals surface area (Å²) in [5.74, 6) is 0.00838. The number of rotatable bonds is 6. The van der Waals surface area contributed by atoms with Gasteiger partial charge in [-0.1, -0.05) is 54.1 Å². The molecular weight excluding hydrogens is 390 g/mol. The molecule has 4 nitrogen and oxygen atoms in total. The largest absolute Gasteiger partial charge is 0.330 e. The number of amides is 1. The van der Waals surface area contributed by atoms with Crippen LogP contribution in [0.15, 0.2) is 71.0 Å². The first-order chi connectivity index (χ1) is 12.4. The SMILES string of the molecule is O=C(CSc1ccccc1Cl)N(Cc1ccccc1)[C@@H]1C=CS(=O)(=O)C1. The molecule has 0 aliphatic carbocycles. The smallest absolute Gasteiger partial charge is 0.233 e. The number of carbonyl (C=O) groups excluding carboxylic acids is 1. The van der Waals surface area contributed by atoms with Crippen LogP contribution >= 0.6 is 23.4 Å². The Hall–Kier alpha value is -1.76. The Kier molecular flexibility index (Phi) is 6.06. The molecule has 1 heterocycles. The van der Waals surface area contributed by atoms with E-state index < -0.39 is 15.9 Å². The number of hydrogen-bond donors (Lipinski definition) is 0. The number of carbonyl (C=O) groups is 1. The van der Waals surface area contributed by atoms with Crippen molar-refractivity contribution < 1.29 is 13.2 Å². The molecule has 0 radical (unpaired) electrons. The number of nitrogens with zero attached hydrogens (tertiary/aromatic N) is 1. The van der Waals surface area contributed by atoms with E-state index in [0.717, 1.165) is 10.5 Å². The van der Waals surface area contributed by atoms with Crippen molar-refractivity contribution in [2.24, 2.45) is 0 Å². The lowest BCUT2D eigenvalue weighted by Crippen LogP contribution is -2.41. The summed E-state index contributed by atoms with van der Waals surface area (Å²) < 4.78 is 23.6. The molecule has 3 rings (SSSR count).